The Hall–Kier alpha value is -1.06. The molecule has 0 bridgehead atoms. The van der Waals surface area contributed by atoms with Gasteiger partial charge in [0.25, 0.3) is 0 Å². The van der Waals surface area contributed by atoms with E-state index in [9.17, 15) is 0 Å². The van der Waals surface area contributed by atoms with E-state index in [2.05, 4.69) is 4.98 Å². The molecule has 0 aliphatic carbocycles. The molecule has 0 amide bonds. The maximum Gasteiger partial charge on any atom is 0.180 e. The van der Waals surface area contributed by atoms with Crippen LogP contribution in [0.2, 0.25) is 0 Å². The van der Waals surface area contributed by atoms with Crippen LogP contribution in [0.1, 0.15) is 0 Å². The third-order valence-electron chi connectivity index (χ3n) is 1.59. The van der Waals surface area contributed by atoms with Crippen LogP contribution in [-0.2, 0) is 0 Å². The SMILES string of the molecule is Cl.Nc1nc(-c2ccccc2)cs1. The maximum absolute atomic E-state index is 5.52. The number of nitrogens with zero attached hydrogens (tertiary/aromatic N) is 1. The molecule has 0 radical (unpaired) electrons. The lowest BCUT2D eigenvalue weighted by atomic mass is 10.2. The lowest BCUT2D eigenvalue weighted by Gasteiger charge is -1.92. The van der Waals surface area contributed by atoms with Crippen molar-refractivity contribution in [2.24, 2.45) is 0 Å². The van der Waals surface area contributed by atoms with Gasteiger partial charge < -0.3 is 5.73 Å². The normalized spacial score (nSPS) is 9.23. The summed E-state index contributed by atoms with van der Waals surface area (Å²) in [4.78, 5) is 4.18. The lowest BCUT2D eigenvalue weighted by molar-refractivity contribution is 1.41. The quantitative estimate of drug-likeness (QED) is 0.790. The average molecular weight is 213 g/mol. The molecule has 0 aliphatic heterocycles. The van der Waals surface area contributed by atoms with Gasteiger partial charge >= 0.3 is 0 Å². The molecule has 1 aromatic carbocycles. The van der Waals surface area contributed by atoms with E-state index in [1.807, 2.05) is 35.7 Å². The van der Waals surface area contributed by atoms with Crippen LogP contribution in [0.4, 0.5) is 5.13 Å². The molecule has 2 N–H and O–H groups in total. The number of halogens is 1. The Morgan fingerprint density at radius 2 is 1.85 bits per heavy atom. The van der Waals surface area contributed by atoms with E-state index >= 15 is 0 Å². The van der Waals surface area contributed by atoms with Crippen LogP contribution in [-0.4, -0.2) is 4.98 Å². The molecule has 0 spiro atoms. The highest BCUT2D eigenvalue weighted by molar-refractivity contribution is 7.13. The van der Waals surface area contributed by atoms with Crippen molar-refractivity contribution in [3.05, 3.63) is 35.7 Å². The standard InChI is InChI=1S/C9H8N2S.ClH/c10-9-11-8(6-12-9)7-4-2-1-3-5-7;/h1-6H,(H2,10,11);1H. The van der Waals surface area contributed by atoms with E-state index in [4.69, 9.17) is 5.73 Å². The van der Waals surface area contributed by atoms with Gasteiger partial charge in [0, 0.05) is 10.9 Å². The predicted molar refractivity (Wildman–Crippen MR) is 59.2 cm³/mol. The van der Waals surface area contributed by atoms with Crippen molar-refractivity contribution in [3.63, 3.8) is 0 Å². The number of hydrogen-bond acceptors (Lipinski definition) is 3. The van der Waals surface area contributed by atoms with Gasteiger partial charge in [0.15, 0.2) is 5.13 Å². The summed E-state index contributed by atoms with van der Waals surface area (Å²) >= 11 is 1.47. The van der Waals surface area contributed by atoms with E-state index in [1.54, 1.807) is 0 Å². The van der Waals surface area contributed by atoms with Crippen LogP contribution in [0.3, 0.4) is 0 Å². The van der Waals surface area contributed by atoms with Crippen LogP contribution < -0.4 is 5.73 Å². The van der Waals surface area contributed by atoms with Gasteiger partial charge in [-0.1, -0.05) is 30.3 Å². The molecule has 2 rings (SSSR count). The number of aromatic nitrogens is 1. The van der Waals surface area contributed by atoms with Gasteiger partial charge in [-0.15, -0.1) is 23.7 Å². The molecule has 1 aromatic heterocycles. The topological polar surface area (TPSA) is 38.9 Å². The molecule has 0 saturated heterocycles. The Labute approximate surface area is 86.8 Å². The van der Waals surface area contributed by atoms with Gasteiger partial charge in [-0.3, -0.25) is 0 Å². The molecule has 13 heavy (non-hydrogen) atoms. The fraction of sp³-hybridized carbons (Fsp3) is 0. The molecule has 4 heteroatoms. The summed E-state index contributed by atoms with van der Waals surface area (Å²) in [6.45, 7) is 0. The summed E-state index contributed by atoms with van der Waals surface area (Å²) in [5.74, 6) is 0. The number of hydrogen-bond donors (Lipinski definition) is 1. The monoisotopic (exact) mass is 212 g/mol. The number of benzene rings is 1. The van der Waals surface area contributed by atoms with Gasteiger partial charge in [-0.25, -0.2) is 4.98 Å². The second kappa shape index (κ2) is 4.25. The van der Waals surface area contributed by atoms with Gasteiger partial charge in [0.1, 0.15) is 0 Å². The second-order valence-corrected chi connectivity index (χ2v) is 3.33. The summed E-state index contributed by atoms with van der Waals surface area (Å²) in [5.41, 5.74) is 7.60. The van der Waals surface area contributed by atoms with Crippen molar-refractivity contribution >= 4 is 28.9 Å². The Balaban J connectivity index is 0.000000845. The van der Waals surface area contributed by atoms with Gasteiger partial charge in [0.05, 0.1) is 5.69 Å². The number of nitrogen functional groups attached to an aromatic ring is 1. The van der Waals surface area contributed by atoms with Crippen molar-refractivity contribution < 1.29 is 0 Å². The highest BCUT2D eigenvalue weighted by Gasteiger charge is 1.99. The van der Waals surface area contributed by atoms with Crippen molar-refractivity contribution in [1.29, 1.82) is 0 Å². The molecule has 68 valence electrons. The first-order chi connectivity index (χ1) is 5.86. The van der Waals surface area contributed by atoms with Crippen LogP contribution >= 0.6 is 23.7 Å². The number of nitrogens with two attached hydrogens (primary N) is 1. The minimum Gasteiger partial charge on any atom is -0.375 e. The minimum absolute atomic E-state index is 0. The Morgan fingerprint density at radius 3 is 2.38 bits per heavy atom. The van der Waals surface area contributed by atoms with Crippen LogP contribution in [0.5, 0.6) is 0 Å². The van der Waals surface area contributed by atoms with Crippen molar-refractivity contribution in [3.8, 4) is 11.3 Å². The van der Waals surface area contributed by atoms with E-state index in [0.717, 1.165) is 11.3 Å². The highest BCUT2D eigenvalue weighted by atomic mass is 35.5. The number of thiazole rings is 1. The summed E-state index contributed by atoms with van der Waals surface area (Å²) in [5, 5.41) is 2.58. The Morgan fingerprint density at radius 1 is 1.15 bits per heavy atom. The molecule has 0 atom stereocenters. The van der Waals surface area contributed by atoms with E-state index < -0.39 is 0 Å². The minimum atomic E-state index is 0. The first kappa shape index (κ1) is 10.0. The molecule has 0 aliphatic rings. The molecule has 0 unspecified atom stereocenters. The third-order valence-corrected chi connectivity index (χ3v) is 2.27. The van der Waals surface area contributed by atoms with Crippen molar-refractivity contribution in [2.75, 3.05) is 5.73 Å². The first-order valence-corrected chi connectivity index (χ1v) is 4.50. The number of anilines is 1. The summed E-state index contributed by atoms with van der Waals surface area (Å²) in [6.07, 6.45) is 0. The summed E-state index contributed by atoms with van der Waals surface area (Å²) in [7, 11) is 0. The summed E-state index contributed by atoms with van der Waals surface area (Å²) in [6, 6.07) is 10.0. The number of rotatable bonds is 1. The van der Waals surface area contributed by atoms with Crippen LogP contribution in [0.15, 0.2) is 35.7 Å². The fourth-order valence-electron chi connectivity index (χ4n) is 1.03. The van der Waals surface area contributed by atoms with E-state index in [-0.39, 0.29) is 12.4 Å². The smallest absolute Gasteiger partial charge is 0.180 e. The molecule has 0 fully saturated rings. The van der Waals surface area contributed by atoms with Crippen LogP contribution in [0, 0.1) is 0 Å². The molecule has 2 aromatic rings. The van der Waals surface area contributed by atoms with Crippen molar-refractivity contribution in [1.82, 2.24) is 4.98 Å². The summed E-state index contributed by atoms with van der Waals surface area (Å²) < 4.78 is 0. The maximum atomic E-state index is 5.52. The zero-order chi connectivity index (χ0) is 8.39. The van der Waals surface area contributed by atoms with Gasteiger partial charge in [-0.05, 0) is 0 Å². The third kappa shape index (κ3) is 2.20. The van der Waals surface area contributed by atoms with E-state index in [1.165, 1.54) is 11.3 Å². The largest absolute Gasteiger partial charge is 0.375 e. The van der Waals surface area contributed by atoms with Crippen molar-refractivity contribution in [2.45, 2.75) is 0 Å². The second-order valence-electron chi connectivity index (χ2n) is 2.44. The van der Waals surface area contributed by atoms with Crippen LogP contribution in [0.25, 0.3) is 11.3 Å². The Bertz CT molecular complexity index is 372. The Kier molecular flexibility index (Phi) is 3.28. The lowest BCUT2D eigenvalue weighted by Crippen LogP contribution is -1.82. The average Bonchev–Trinajstić information content (AvgIpc) is 2.54. The molecule has 0 saturated carbocycles. The molecule has 2 nitrogen and oxygen atoms in total. The van der Waals surface area contributed by atoms with Gasteiger partial charge in [-0.2, -0.15) is 0 Å². The zero-order valence-electron chi connectivity index (χ0n) is 6.81. The highest BCUT2D eigenvalue weighted by Crippen LogP contribution is 2.22. The molecule has 1 heterocycles. The predicted octanol–water partition coefficient (Wildman–Crippen LogP) is 2.81. The molecular weight excluding hydrogens is 204 g/mol. The van der Waals surface area contributed by atoms with E-state index in [0.29, 0.717) is 5.13 Å². The van der Waals surface area contributed by atoms with Gasteiger partial charge in [0.2, 0.25) is 0 Å². The molecular formula is C9H9ClN2S. The fourth-order valence-corrected chi connectivity index (χ4v) is 1.60. The first-order valence-electron chi connectivity index (χ1n) is 3.63. The zero-order valence-corrected chi connectivity index (χ0v) is 8.44.